The van der Waals surface area contributed by atoms with E-state index in [-0.39, 0.29) is 16.4 Å². The molecule has 1 aromatic heterocycles. The Bertz CT molecular complexity index is 1130. The number of ether oxygens (including phenoxy) is 1. The molecule has 2 heterocycles. The average molecular weight is 384 g/mol. The summed E-state index contributed by atoms with van der Waals surface area (Å²) in [5.74, 6) is 0.429. The van der Waals surface area contributed by atoms with Gasteiger partial charge in [-0.3, -0.25) is 9.69 Å². The maximum atomic E-state index is 13.3. The molecule has 0 fully saturated rings. The van der Waals surface area contributed by atoms with E-state index in [9.17, 15) is 13.2 Å². The maximum absolute atomic E-state index is 13.3. The minimum absolute atomic E-state index is 0.147. The van der Waals surface area contributed by atoms with Crippen molar-refractivity contribution in [2.24, 2.45) is 0 Å². The van der Waals surface area contributed by atoms with E-state index in [1.807, 2.05) is 7.05 Å². The van der Waals surface area contributed by atoms with Crippen molar-refractivity contribution in [3.63, 3.8) is 0 Å². The number of ketones is 1. The number of Topliss-reactive ketones (excluding diaryl/α,β-unsaturated/α-hetero) is 1. The Morgan fingerprint density at radius 1 is 1.11 bits per heavy atom. The number of likely N-dealkylation sites (N-methyl/N-ethyl adjacent to an activating group) is 1. The van der Waals surface area contributed by atoms with Crippen LogP contribution in [0.4, 0.5) is 0 Å². The number of rotatable bonds is 3. The average Bonchev–Trinajstić information content (AvgIpc) is 2.95. The number of fused-ring (bicyclic) bond motifs is 3. The first kappa shape index (κ1) is 17.8. The molecule has 0 atom stereocenters. The molecule has 0 radical (unpaired) electrons. The Morgan fingerprint density at radius 2 is 1.85 bits per heavy atom. The summed E-state index contributed by atoms with van der Waals surface area (Å²) in [6.45, 7) is 3.35. The molecule has 0 saturated heterocycles. The van der Waals surface area contributed by atoms with Gasteiger partial charge in [-0.05, 0) is 37.4 Å². The summed E-state index contributed by atoms with van der Waals surface area (Å²) in [5, 5.41) is 0.728. The summed E-state index contributed by atoms with van der Waals surface area (Å²) in [6.07, 6.45) is 0. The maximum Gasteiger partial charge on any atom is 0.268 e. The number of carbonyl (C=O) groups excluding carboxylic acids is 1. The van der Waals surface area contributed by atoms with Gasteiger partial charge in [-0.2, -0.15) is 0 Å². The van der Waals surface area contributed by atoms with Crippen LogP contribution < -0.4 is 4.74 Å². The molecule has 2 aromatic carbocycles. The SMILES string of the molecule is CC(=O)c1cc2c3c(ccc2n1S(=O)(=O)c1ccccc1)OCCN(C)C3. The lowest BCUT2D eigenvalue weighted by atomic mass is 10.1. The highest BCUT2D eigenvalue weighted by molar-refractivity contribution is 7.90. The molecule has 4 rings (SSSR count). The largest absolute Gasteiger partial charge is 0.492 e. The molecular formula is C20H20N2O4S. The highest BCUT2D eigenvalue weighted by Crippen LogP contribution is 2.35. The van der Waals surface area contributed by atoms with Crippen molar-refractivity contribution in [2.75, 3.05) is 20.2 Å². The second-order valence-corrected chi connectivity index (χ2v) is 8.52. The van der Waals surface area contributed by atoms with Crippen LogP contribution in [0.2, 0.25) is 0 Å². The zero-order valence-electron chi connectivity index (χ0n) is 15.2. The van der Waals surface area contributed by atoms with Gasteiger partial charge in [0.2, 0.25) is 0 Å². The minimum atomic E-state index is -3.91. The van der Waals surface area contributed by atoms with Gasteiger partial charge in [-0.15, -0.1) is 0 Å². The van der Waals surface area contributed by atoms with Gasteiger partial charge >= 0.3 is 0 Å². The Kier molecular flexibility index (Phi) is 4.28. The van der Waals surface area contributed by atoms with Crippen LogP contribution in [-0.2, 0) is 16.6 Å². The summed E-state index contributed by atoms with van der Waals surface area (Å²) in [4.78, 5) is 14.5. The lowest BCUT2D eigenvalue weighted by Crippen LogP contribution is -2.20. The van der Waals surface area contributed by atoms with Gasteiger partial charge in [0.05, 0.1) is 10.4 Å². The molecule has 1 aliphatic rings. The highest BCUT2D eigenvalue weighted by Gasteiger charge is 2.27. The molecule has 1 aliphatic heterocycles. The molecule has 0 bridgehead atoms. The van der Waals surface area contributed by atoms with Crippen molar-refractivity contribution in [3.8, 4) is 5.75 Å². The minimum Gasteiger partial charge on any atom is -0.492 e. The van der Waals surface area contributed by atoms with Crippen molar-refractivity contribution in [1.29, 1.82) is 0 Å². The molecular weight excluding hydrogens is 364 g/mol. The van der Waals surface area contributed by atoms with E-state index >= 15 is 0 Å². The van der Waals surface area contributed by atoms with Crippen molar-refractivity contribution in [1.82, 2.24) is 8.87 Å². The van der Waals surface area contributed by atoms with Crippen LogP contribution in [0.3, 0.4) is 0 Å². The summed E-state index contributed by atoms with van der Waals surface area (Å²) >= 11 is 0. The standard InChI is InChI=1S/C20H20N2O4S/c1-14(23)19-12-16-17-13-21(2)10-11-26-20(17)9-8-18(16)22(19)27(24,25)15-6-4-3-5-7-15/h3-9,12H,10-11,13H2,1-2H3. The first-order valence-corrected chi connectivity index (χ1v) is 10.1. The van der Waals surface area contributed by atoms with Crippen LogP contribution in [-0.4, -0.2) is 43.3 Å². The van der Waals surface area contributed by atoms with Gasteiger partial charge in [0.1, 0.15) is 18.1 Å². The highest BCUT2D eigenvalue weighted by atomic mass is 32.2. The Morgan fingerprint density at radius 3 is 2.56 bits per heavy atom. The Hall–Kier alpha value is -2.64. The van der Waals surface area contributed by atoms with Crippen molar-refractivity contribution >= 4 is 26.7 Å². The van der Waals surface area contributed by atoms with Crippen LogP contribution in [0.25, 0.3) is 10.9 Å². The number of carbonyl (C=O) groups is 1. The number of hydrogen-bond acceptors (Lipinski definition) is 5. The second kappa shape index (κ2) is 6.51. The monoisotopic (exact) mass is 384 g/mol. The summed E-state index contributed by atoms with van der Waals surface area (Å²) < 4.78 is 33.6. The number of aromatic nitrogens is 1. The fourth-order valence-electron chi connectivity index (χ4n) is 3.46. The van der Waals surface area contributed by atoms with Crippen LogP contribution in [0.1, 0.15) is 23.0 Å². The molecule has 3 aromatic rings. The third-order valence-electron chi connectivity index (χ3n) is 4.81. The van der Waals surface area contributed by atoms with Gasteiger partial charge in [-0.1, -0.05) is 18.2 Å². The quantitative estimate of drug-likeness (QED) is 0.650. The van der Waals surface area contributed by atoms with Gasteiger partial charge in [-0.25, -0.2) is 12.4 Å². The number of benzene rings is 2. The molecule has 0 aliphatic carbocycles. The van der Waals surface area contributed by atoms with E-state index in [0.717, 1.165) is 27.2 Å². The molecule has 7 heteroatoms. The first-order chi connectivity index (χ1) is 12.9. The van der Waals surface area contributed by atoms with Gasteiger partial charge < -0.3 is 4.74 Å². The second-order valence-electron chi connectivity index (χ2n) is 6.73. The molecule has 0 spiro atoms. The van der Waals surface area contributed by atoms with E-state index in [0.29, 0.717) is 18.7 Å². The molecule has 6 nitrogen and oxygen atoms in total. The fourth-order valence-corrected chi connectivity index (χ4v) is 5.03. The molecule has 0 N–H and O–H groups in total. The Labute approximate surface area is 158 Å². The zero-order valence-corrected chi connectivity index (χ0v) is 16.0. The molecule has 0 saturated carbocycles. The van der Waals surface area contributed by atoms with Crippen molar-refractivity contribution in [3.05, 3.63) is 59.8 Å². The summed E-state index contributed by atoms with van der Waals surface area (Å²) in [7, 11) is -1.92. The molecule has 140 valence electrons. The predicted octanol–water partition coefficient (Wildman–Crippen LogP) is 2.91. The predicted molar refractivity (Wildman–Crippen MR) is 103 cm³/mol. The number of nitrogens with zero attached hydrogens (tertiary/aromatic N) is 2. The lowest BCUT2D eigenvalue weighted by molar-refractivity contribution is 0.101. The molecule has 0 unspecified atom stereocenters. The third kappa shape index (κ3) is 2.93. The smallest absolute Gasteiger partial charge is 0.268 e. The Balaban J connectivity index is 2.04. The topological polar surface area (TPSA) is 68.6 Å². The van der Waals surface area contributed by atoms with Crippen LogP contribution in [0.15, 0.2) is 53.4 Å². The van der Waals surface area contributed by atoms with Crippen LogP contribution in [0, 0.1) is 0 Å². The van der Waals surface area contributed by atoms with Crippen molar-refractivity contribution in [2.45, 2.75) is 18.4 Å². The van der Waals surface area contributed by atoms with E-state index in [1.54, 1.807) is 36.4 Å². The summed E-state index contributed by atoms with van der Waals surface area (Å²) in [6, 6.07) is 13.3. The van der Waals surface area contributed by atoms with Crippen LogP contribution in [0.5, 0.6) is 5.75 Å². The van der Waals surface area contributed by atoms with Crippen molar-refractivity contribution < 1.29 is 17.9 Å². The van der Waals surface area contributed by atoms with E-state index < -0.39 is 10.0 Å². The van der Waals surface area contributed by atoms with Gasteiger partial charge in [0.15, 0.2) is 5.78 Å². The lowest BCUT2D eigenvalue weighted by Gasteiger charge is -2.13. The summed E-state index contributed by atoms with van der Waals surface area (Å²) in [5.41, 5.74) is 1.54. The van der Waals surface area contributed by atoms with Gasteiger partial charge in [0.25, 0.3) is 10.0 Å². The fraction of sp³-hybridized carbons (Fsp3) is 0.250. The molecule has 27 heavy (non-hydrogen) atoms. The number of hydrogen-bond donors (Lipinski definition) is 0. The van der Waals surface area contributed by atoms with Gasteiger partial charge in [0, 0.05) is 31.0 Å². The van der Waals surface area contributed by atoms with Crippen LogP contribution >= 0.6 is 0 Å². The normalized spacial score (nSPS) is 15.2. The van der Waals surface area contributed by atoms with E-state index in [1.165, 1.54) is 19.1 Å². The third-order valence-corrected chi connectivity index (χ3v) is 6.55. The van der Waals surface area contributed by atoms with E-state index in [4.69, 9.17) is 4.74 Å². The first-order valence-electron chi connectivity index (χ1n) is 8.70. The molecule has 0 amide bonds. The zero-order chi connectivity index (χ0) is 19.2. The van der Waals surface area contributed by atoms with E-state index in [2.05, 4.69) is 4.90 Å².